The predicted octanol–water partition coefficient (Wildman–Crippen LogP) is 3.29. The standard InChI is InChI=1S/C11H10F10O4/c1-3-24-5(22)7(12,13)9(16,17)11(20,21)10(18,19)8(14,15)6(23)25-4-2/h3-4H2,1-2H3. The van der Waals surface area contributed by atoms with Crippen molar-refractivity contribution in [2.45, 2.75) is 43.5 Å². The highest BCUT2D eigenvalue weighted by Gasteiger charge is 2.89. The first-order valence-corrected chi connectivity index (χ1v) is 6.20. The van der Waals surface area contributed by atoms with E-state index in [1.165, 1.54) is 0 Å². The summed E-state index contributed by atoms with van der Waals surface area (Å²) in [5.41, 5.74) is 0. The lowest BCUT2D eigenvalue weighted by molar-refractivity contribution is -0.391. The largest absolute Gasteiger partial charge is 0.461 e. The zero-order chi connectivity index (χ0) is 20.5. The summed E-state index contributed by atoms with van der Waals surface area (Å²) < 4.78 is 139. The van der Waals surface area contributed by atoms with Crippen molar-refractivity contribution in [3.8, 4) is 0 Å². The van der Waals surface area contributed by atoms with Crippen molar-refractivity contribution in [2.24, 2.45) is 0 Å². The molecule has 25 heavy (non-hydrogen) atoms. The molecule has 0 aromatic heterocycles. The second kappa shape index (κ2) is 6.86. The fourth-order valence-electron chi connectivity index (χ4n) is 1.29. The molecule has 0 aromatic rings. The lowest BCUT2D eigenvalue weighted by atomic mass is 9.94. The fraction of sp³-hybridized carbons (Fsp3) is 0.818. The van der Waals surface area contributed by atoms with Crippen LogP contribution in [0.2, 0.25) is 0 Å². The van der Waals surface area contributed by atoms with Crippen molar-refractivity contribution in [1.82, 2.24) is 0 Å². The number of hydrogen-bond acceptors (Lipinski definition) is 4. The van der Waals surface area contributed by atoms with Gasteiger partial charge in [0.05, 0.1) is 13.2 Å². The van der Waals surface area contributed by atoms with Gasteiger partial charge in [0.1, 0.15) is 0 Å². The van der Waals surface area contributed by atoms with E-state index in [4.69, 9.17) is 0 Å². The Morgan fingerprint density at radius 3 is 1.04 bits per heavy atom. The maximum Gasteiger partial charge on any atom is 0.410 e. The second-order valence-electron chi connectivity index (χ2n) is 4.31. The summed E-state index contributed by atoms with van der Waals surface area (Å²) in [6, 6.07) is 0. The third kappa shape index (κ3) is 3.34. The van der Waals surface area contributed by atoms with Gasteiger partial charge in [0.25, 0.3) is 0 Å². The van der Waals surface area contributed by atoms with Gasteiger partial charge in [-0.1, -0.05) is 0 Å². The van der Waals surface area contributed by atoms with Crippen LogP contribution in [-0.2, 0) is 19.1 Å². The van der Waals surface area contributed by atoms with Crippen molar-refractivity contribution in [3.05, 3.63) is 0 Å². The Bertz CT molecular complexity index is 473. The average molecular weight is 396 g/mol. The van der Waals surface area contributed by atoms with Crippen LogP contribution in [0.5, 0.6) is 0 Å². The lowest BCUT2D eigenvalue weighted by Crippen LogP contribution is -2.70. The number of ether oxygens (including phenoxy) is 2. The molecule has 0 aliphatic heterocycles. The molecule has 0 rings (SSSR count). The number of halogens is 10. The third-order valence-electron chi connectivity index (χ3n) is 2.64. The van der Waals surface area contributed by atoms with E-state index < -0.39 is 54.8 Å². The fourth-order valence-corrected chi connectivity index (χ4v) is 1.29. The topological polar surface area (TPSA) is 52.6 Å². The molecule has 0 unspecified atom stereocenters. The van der Waals surface area contributed by atoms with E-state index in [0.29, 0.717) is 0 Å². The average Bonchev–Trinajstić information content (AvgIpc) is 2.46. The first-order chi connectivity index (χ1) is 11.0. The molecule has 0 radical (unpaired) electrons. The molecular weight excluding hydrogens is 386 g/mol. The first-order valence-electron chi connectivity index (χ1n) is 6.20. The Hall–Kier alpha value is -1.76. The van der Waals surface area contributed by atoms with Gasteiger partial charge in [-0.25, -0.2) is 9.59 Å². The number of carbonyl (C=O) groups is 2. The van der Waals surface area contributed by atoms with Crippen molar-refractivity contribution < 1.29 is 63.0 Å². The number of esters is 2. The molecule has 0 saturated heterocycles. The van der Waals surface area contributed by atoms with Crippen LogP contribution in [0, 0.1) is 0 Å². The van der Waals surface area contributed by atoms with E-state index in [-0.39, 0.29) is 0 Å². The molecule has 0 aliphatic carbocycles. The molecule has 14 heteroatoms. The Morgan fingerprint density at radius 2 is 0.840 bits per heavy atom. The van der Waals surface area contributed by atoms with E-state index in [1.54, 1.807) is 0 Å². The van der Waals surface area contributed by atoms with Crippen LogP contribution < -0.4 is 0 Å². The van der Waals surface area contributed by atoms with Gasteiger partial charge in [-0.3, -0.25) is 0 Å². The van der Waals surface area contributed by atoms with Crippen molar-refractivity contribution in [2.75, 3.05) is 13.2 Å². The Kier molecular flexibility index (Phi) is 6.38. The smallest absolute Gasteiger partial charge is 0.410 e. The molecule has 0 N–H and O–H groups in total. The molecule has 0 heterocycles. The number of alkyl halides is 10. The number of hydrogen-bond donors (Lipinski definition) is 0. The SMILES string of the molecule is CCOC(=O)C(F)(F)C(F)(F)C(F)(F)C(F)(F)C(F)(F)C(=O)OCC. The van der Waals surface area contributed by atoms with Crippen LogP contribution in [0.3, 0.4) is 0 Å². The molecule has 4 nitrogen and oxygen atoms in total. The van der Waals surface area contributed by atoms with Crippen LogP contribution in [0.15, 0.2) is 0 Å². The molecule has 0 spiro atoms. The molecule has 0 atom stereocenters. The maximum atomic E-state index is 13.3. The van der Waals surface area contributed by atoms with Gasteiger partial charge in [0, 0.05) is 0 Å². The summed E-state index contributed by atoms with van der Waals surface area (Å²) in [6.07, 6.45) is 0. The summed E-state index contributed by atoms with van der Waals surface area (Å²) in [6.45, 7) is -0.502. The number of carbonyl (C=O) groups excluding carboxylic acids is 2. The van der Waals surface area contributed by atoms with Gasteiger partial charge in [-0.2, -0.15) is 43.9 Å². The highest BCUT2D eigenvalue weighted by atomic mass is 19.4. The van der Waals surface area contributed by atoms with Crippen LogP contribution in [0.1, 0.15) is 13.8 Å². The second-order valence-corrected chi connectivity index (χ2v) is 4.31. The summed E-state index contributed by atoms with van der Waals surface area (Å²) in [5, 5.41) is 0. The highest BCUT2D eigenvalue weighted by molar-refractivity contribution is 5.80. The molecular formula is C11H10F10O4. The molecule has 0 aliphatic rings. The van der Waals surface area contributed by atoms with Crippen molar-refractivity contribution >= 4 is 11.9 Å². The van der Waals surface area contributed by atoms with Gasteiger partial charge >= 0.3 is 41.6 Å². The van der Waals surface area contributed by atoms with Crippen LogP contribution in [0.25, 0.3) is 0 Å². The van der Waals surface area contributed by atoms with Gasteiger partial charge in [-0.15, -0.1) is 0 Å². The van der Waals surface area contributed by atoms with Crippen LogP contribution >= 0.6 is 0 Å². The minimum Gasteiger partial charge on any atom is -0.461 e. The van der Waals surface area contributed by atoms with E-state index >= 15 is 0 Å². The summed E-state index contributed by atoms with van der Waals surface area (Å²) in [5.74, 6) is -42.2. The molecule has 0 fully saturated rings. The zero-order valence-electron chi connectivity index (χ0n) is 12.3. The maximum absolute atomic E-state index is 13.3. The number of rotatable bonds is 8. The monoisotopic (exact) mass is 396 g/mol. The third-order valence-corrected chi connectivity index (χ3v) is 2.64. The van der Waals surface area contributed by atoms with Crippen molar-refractivity contribution in [3.63, 3.8) is 0 Å². The van der Waals surface area contributed by atoms with Crippen molar-refractivity contribution in [1.29, 1.82) is 0 Å². The van der Waals surface area contributed by atoms with Crippen LogP contribution in [0.4, 0.5) is 43.9 Å². The highest BCUT2D eigenvalue weighted by Crippen LogP contribution is 2.57. The minimum atomic E-state index is -7.55. The molecule has 0 aromatic carbocycles. The predicted molar refractivity (Wildman–Crippen MR) is 58.0 cm³/mol. The summed E-state index contributed by atoms with van der Waals surface area (Å²) >= 11 is 0. The Labute approximate surface area is 133 Å². The molecule has 148 valence electrons. The molecule has 0 saturated carbocycles. The lowest BCUT2D eigenvalue weighted by Gasteiger charge is -2.37. The van der Waals surface area contributed by atoms with E-state index in [9.17, 15) is 53.5 Å². The van der Waals surface area contributed by atoms with Gasteiger partial charge < -0.3 is 9.47 Å². The Morgan fingerprint density at radius 1 is 0.600 bits per heavy atom. The molecule has 0 amide bonds. The Balaban J connectivity index is 6.16. The van der Waals surface area contributed by atoms with E-state index in [0.717, 1.165) is 13.8 Å². The minimum absolute atomic E-state index is 0.785. The quantitative estimate of drug-likeness (QED) is 0.467. The van der Waals surface area contributed by atoms with Gasteiger partial charge in [0.2, 0.25) is 0 Å². The zero-order valence-corrected chi connectivity index (χ0v) is 12.3. The normalized spacial score (nSPS) is 14.2. The van der Waals surface area contributed by atoms with Crippen LogP contribution in [-0.4, -0.2) is 54.8 Å². The first kappa shape index (κ1) is 23.2. The van der Waals surface area contributed by atoms with Gasteiger partial charge in [0.15, 0.2) is 0 Å². The van der Waals surface area contributed by atoms with E-state index in [1.807, 2.05) is 0 Å². The van der Waals surface area contributed by atoms with Gasteiger partial charge in [-0.05, 0) is 13.8 Å². The summed E-state index contributed by atoms with van der Waals surface area (Å²) in [4.78, 5) is 21.3. The summed E-state index contributed by atoms with van der Waals surface area (Å²) in [7, 11) is 0. The van der Waals surface area contributed by atoms with E-state index in [2.05, 4.69) is 9.47 Å². The molecule has 0 bridgehead atoms.